The number of fused-ring (bicyclic) bond motifs is 1. The molecular weight excluding hydrogens is 590 g/mol. The molecule has 14 heteroatoms. The monoisotopic (exact) mass is 637 g/mol. The molecule has 0 saturated carbocycles. The molecule has 0 unspecified atom stereocenters. The first-order chi connectivity index (χ1) is 22.0. The lowest BCUT2D eigenvalue weighted by Crippen LogP contribution is -2.56. The molecule has 1 aliphatic heterocycles. The molecule has 0 radical (unpaired) electrons. The number of hydrogen-bond donors (Lipinski definition) is 9. The van der Waals surface area contributed by atoms with Crippen LogP contribution >= 0.6 is 0 Å². The molecule has 2 aromatic rings. The number of unbranched alkanes of at least 4 members (excludes halogenated alkanes) is 1. The van der Waals surface area contributed by atoms with Crippen molar-refractivity contribution in [3.05, 3.63) is 59.2 Å². The number of anilines is 1. The summed E-state index contributed by atoms with van der Waals surface area (Å²) in [4.78, 5) is 56.6. The molecule has 1 aliphatic rings. The van der Waals surface area contributed by atoms with E-state index in [2.05, 4.69) is 26.3 Å². The summed E-state index contributed by atoms with van der Waals surface area (Å²) in [5.74, 6) is -2.58. The maximum absolute atomic E-state index is 13.7. The van der Waals surface area contributed by atoms with Gasteiger partial charge in [-0.05, 0) is 61.9 Å². The van der Waals surface area contributed by atoms with Gasteiger partial charge in [-0.1, -0.05) is 36.8 Å². The summed E-state index contributed by atoms with van der Waals surface area (Å²) < 4.78 is 0. The maximum Gasteiger partial charge on any atom is 0.243 e. The molecule has 4 amide bonds. The predicted octanol–water partition coefficient (Wildman–Crippen LogP) is -0.350. The summed E-state index contributed by atoms with van der Waals surface area (Å²) in [5, 5.41) is 21.5. The quantitative estimate of drug-likeness (QED) is 0.0587. The van der Waals surface area contributed by atoms with E-state index in [1.54, 1.807) is 12.1 Å². The Hall–Kier alpha value is -4.85. The largest absolute Gasteiger partial charge is 0.508 e. The van der Waals surface area contributed by atoms with Crippen molar-refractivity contribution in [3.63, 3.8) is 0 Å². The molecule has 1 heterocycles. The van der Waals surface area contributed by atoms with E-state index in [0.717, 1.165) is 23.1 Å². The number of aromatic hydroxyl groups is 1. The molecule has 46 heavy (non-hydrogen) atoms. The lowest BCUT2D eigenvalue weighted by Gasteiger charge is -2.25. The van der Waals surface area contributed by atoms with Crippen LogP contribution in [0.15, 0.2) is 47.5 Å². The third-order valence-corrected chi connectivity index (χ3v) is 7.94. The average Bonchev–Trinajstić information content (AvgIpc) is 3.44. The van der Waals surface area contributed by atoms with Crippen LogP contribution in [0.2, 0.25) is 0 Å². The van der Waals surface area contributed by atoms with Crippen LogP contribution in [-0.2, 0) is 32.0 Å². The summed E-state index contributed by atoms with van der Waals surface area (Å²) in [7, 11) is 0. The van der Waals surface area contributed by atoms with Crippen LogP contribution in [0, 0.1) is 12.8 Å². The van der Waals surface area contributed by atoms with Gasteiger partial charge in [0.15, 0.2) is 5.96 Å². The fourth-order valence-corrected chi connectivity index (χ4v) is 5.40. The molecule has 0 saturated heterocycles. The number of nitrogens with two attached hydrogens (primary N) is 4. The summed E-state index contributed by atoms with van der Waals surface area (Å²) in [6.07, 6.45) is 3.01. The number of amides is 4. The first-order valence-electron chi connectivity index (χ1n) is 15.5. The van der Waals surface area contributed by atoms with Crippen molar-refractivity contribution in [2.24, 2.45) is 33.8 Å². The molecule has 0 fully saturated rings. The SMILES string of the molecule is Cc1cc(O)cc2c1C[C@@H](C(=O)N[C@H](CCCN=C(N)N)C(=O)N[C@@H](Cc1ccccc1)C(=O)NC[C@@H](CCCCN)C(N)=O)N2. The molecule has 0 spiro atoms. The predicted molar refractivity (Wildman–Crippen MR) is 176 cm³/mol. The summed E-state index contributed by atoms with van der Waals surface area (Å²) in [5.41, 5.74) is 25.2. The third-order valence-electron chi connectivity index (χ3n) is 7.94. The summed E-state index contributed by atoms with van der Waals surface area (Å²) in [6.45, 7) is 2.59. The number of hydrogen-bond acceptors (Lipinski definition) is 8. The van der Waals surface area contributed by atoms with Crippen molar-refractivity contribution < 1.29 is 24.3 Å². The molecule has 0 aromatic heterocycles. The number of primary amides is 1. The van der Waals surface area contributed by atoms with Crippen molar-refractivity contribution in [2.45, 2.75) is 70.0 Å². The van der Waals surface area contributed by atoms with E-state index in [-0.39, 0.29) is 37.6 Å². The van der Waals surface area contributed by atoms with Gasteiger partial charge >= 0.3 is 0 Å². The molecular formula is C32H47N9O5. The van der Waals surface area contributed by atoms with Crippen LogP contribution in [-0.4, -0.2) is 72.5 Å². The van der Waals surface area contributed by atoms with Crippen molar-refractivity contribution in [2.75, 3.05) is 25.0 Å². The van der Waals surface area contributed by atoms with Crippen molar-refractivity contribution in [1.82, 2.24) is 16.0 Å². The van der Waals surface area contributed by atoms with Gasteiger partial charge in [-0.2, -0.15) is 0 Å². The number of benzene rings is 2. The van der Waals surface area contributed by atoms with Gasteiger partial charge < -0.3 is 49.3 Å². The molecule has 0 bridgehead atoms. The lowest BCUT2D eigenvalue weighted by atomic mass is 10.00. The Morgan fingerprint density at radius 3 is 2.39 bits per heavy atom. The topological polar surface area (TPSA) is 253 Å². The van der Waals surface area contributed by atoms with Gasteiger partial charge in [-0.25, -0.2) is 0 Å². The molecule has 2 aromatic carbocycles. The van der Waals surface area contributed by atoms with E-state index in [1.165, 1.54) is 0 Å². The Morgan fingerprint density at radius 1 is 0.978 bits per heavy atom. The Morgan fingerprint density at radius 2 is 1.72 bits per heavy atom. The van der Waals surface area contributed by atoms with Crippen LogP contribution in [0.5, 0.6) is 5.75 Å². The van der Waals surface area contributed by atoms with E-state index >= 15 is 0 Å². The zero-order valence-electron chi connectivity index (χ0n) is 26.3. The van der Waals surface area contributed by atoms with Crippen LogP contribution < -0.4 is 44.2 Å². The van der Waals surface area contributed by atoms with E-state index in [9.17, 15) is 24.3 Å². The number of phenols is 1. The Bertz CT molecular complexity index is 1380. The average molecular weight is 638 g/mol. The minimum absolute atomic E-state index is 0.0153. The summed E-state index contributed by atoms with van der Waals surface area (Å²) in [6, 6.07) is 9.67. The van der Waals surface area contributed by atoms with Gasteiger partial charge in [-0.15, -0.1) is 0 Å². The third kappa shape index (κ3) is 10.9. The standard InChI is InChI=1S/C32H47N9O5/c1-19-14-22(42)16-25-23(19)17-27(39-25)31(46)40-24(11-7-13-37-32(35)36)30(45)41-26(15-20-8-3-2-4-9-20)29(44)38-18-21(28(34)43)10-5-6-12-33/h2-4,8-9,14,16,21,24,26-27,39,42H,5-7,10-13,15,17-18,33H2,1H3,(H2,34,43)(H,38,44)(H,40,46)(H,41,45)(H4,35,36,37)/t21-,24-,26+,27+/m1/s1. The minimum atomic E-state index is -1.01. The van der Waals surface area contributed by atoms with E-state index in [1.807, 2.05) is 37.3 Å². The smallest absolute Gasteiger partial charge is 0.243 e. The molecule has 13 N–H and O–H groups in total. The van der Waals surface area contributed by atoms with E-state index in [4.69, 9.17) is 22.9 Å². The van der Waals surface area contributed by atoms with Crippen molar-refractivity contribution in [1.29, 1.82) is 0 Å². The molecule has 250 valence electrons. The molecule has 0 aliphatic carbocycles. The normalized spacial score (nSPS) is 15.4. The second-order valence-electron chi connectivity index (χ2n) is 11.6. The first kappa shape index (κ1) is 35.6. The van der Waals surface area contributed by atoms with Gasteiger partial charge in [0, 0.05) is 37.7 Å². The van der Waals surface area contributed by atoms with Crippen LogP contribution in [0.4, 0.5) is 5.69 Å². The van der Waals surface area contributed by atoms with E-state index in [0.29, 0.717) is 37.9 Å². The molecule has 14 nitrogen and oxygen atoms in total. The molecule has 3 rings (SSSR count). The number of phenolic OH excluding ortho intramolecular Hbond substituents is 1. The van der Waals surface area contributed by atoms with Crippen LogP contribution in [0.25, 0.3) is 0 Å². The fraction of sp³-hybridized carbons (Fsp3) is 0.469. The van der Waals surface area contributed by atoms with Crippen LogP contribution in [0.3, 0.4) is 0 Å². The van der Waals surface area contributed by atoms with Gasteiger partial charge in [-0.3, -0.25) is 24.2 Å². The van der Waals surface area contributed by atoms with E-state index < -0.39 is 47.7 Å². The number of aliphatic imine (C=N–C) groups is 1. The Kier molecular flexibility index (Phi) is 13.6. The van der Waals surface area contributed by atoms with Crippen LogP contribution in [0.1, 0.15) is 48.8 Å². The summed E-state index contributed by atoms with van der Waals surface area (Å²) >= 11 is 0. The highest BCUT2D eigenvalue weighted by Crippen LogP contribution is 2.32. The number of guanidine groups is 1. The maximum atomic E-state index is 13.7. The van der Waals surface area contributed by atoms with Gasteiger partial charge in [0.25, 0.3) is 0 Å². The van der Waals surface area contributed by atoms with Crippen molar-refractivity contribution in [3.8, 4) is 5.75 Å². The zero-order chi connectivity index (χ0) is 33.6. The number of nitrogens with zero attached hydrogens (tertiary/aromatic N) is 1. The number of aryl methyl sites for hydroxylation is 1. The van der Waals surface area contributed by atoms with Gasteiger partial charge in [0.05, 0.1) is 5.92 Å². The zero-order valence-corrected chi connectivity index (χ0v) is 26.3. The Balaban J connectivity index is 1.75. The second kappa shape index (κ2) is 17.6. The number of carbonyl (C=O) groups is 4. The minimum Gasteiger partial charge on any atom is -0.508 e. The Labute approximate surface area is 269 Å². The first-order valence-corrected chi connectivity index (χ1v) is 15.5. The van der Waals surface area contributed by atoms with Gasteiger partial charge in [0.2, 0.25) is 23.6 Å². The highest BCUT2D eigenvalue weighted by atomic mass is 16.3. The molecule has 4 atom stereocenters. The number of carbonyl (C=O) groups excluding carboxylic acids is 4. The lowest BCUT2D eigenvalue weighted by molar-refractivity contribution is -0.132. The highest BCUT2D eigenvalue weighted by Gasteiger charge is 2.33. The second-order valence-corrected chi connectivity index (χ2v) is 11.6. The number of nitrogens with one attached hydrogen (secondary N) is 4. The van der Waals surface area contributed by atoms with Gasteiger partial charge in [0.1, 0.15) is 23.9 Å². The number of rotatable bonds is 18. The highest BCUT2D eigenvalue weighted by molar-refractivity contribution is 5.95. The fourth-order valence-electron chi connectivity index (χ4n) is 5.40. The van der Waals surface area contributed by atoms with Crippen molar-refractivity contribution >= 4 is 35.3 Å².